The highest BCUT2D eigenvalue weighted by Gasteiger charge is 2.28. The van der Waals surface area contributed by atoms with E-state index in [1.165, 1.54) is 18.2 Å². The smallest absolute Gasteiger partial charge is 0.422 e. The molecule has 0 bridgehead atoms. The second kappa shape index (κ2) is 5.05. The summed E-state index contributed by atoms with van der Waals surface area (Å²) in [5.41, 5.74) is -0.0443. The Balaban J connectivity index is 2.76. The van der Waals surface area contributed by atoms with Crippen LogP contribution in [0.4, 0.5) is 13.2 Å². The molecule has 0 amide bonds. The van der Waals surface area contributed by atoms with Crippen LogP contribution in [0, 0.1) is 0 Å². The van der Waals surface area contributed by atoms with Gasteiger partial charge in [0.25, 0.3) is 0 Å². The van der Waals surface area contributed by atoms with Crippen molar-refractivity contribution in [1.29, 1.82) is 0 Å². The molecular weight excluding hydrogens is 241 g/mol. The first-order chi connectivity index (χ1) is 7.79. The summed E-state index contributed by atoms with van der Waals surface area (Å²) in [5.74, 6) is -1.64. The molecule has 1 rings (SSSR count). The predicted molar refractivity (Wildman–Crippen MR) is 50.6 cm³/mol. The summed E-state index contributed by atoms with van der Waals surface area (Å²) < 4.78 is 40.0. The predicted octanol–water partition coefficient (Wildman–Crippen LogP) is 1.75. The highest BCUT2D eigenvalue weighted by molar-refractivity contribution is 5.74. The van der Waals surface area contributed by atoms with Crippen molar-refractivity contribution in [1.82, 2.24) is 0 Å². The fraction of sp³-hybridized carbons (Fsp3) is 0.300. The van der Waals surface area contributed by atoms with Crippen LogP contribution in [0.2, 0.25) is 0 Å². The Kier molecular flexibility index (Phi) is 3.95. The number of carbonyl (C=O) groups is 1. The van der Waals surface area contributed by atoms with Crippen LogP contribution in [-0.2, 0) is 4.79 Å². The molecule has 0 radical (unpaired) electrons. The molecule has 4 nitrogen and oxygen atoms in total. The lowest BCUT2D eigenvalue weighted by atomic mass is 10.1. The zero-order valence-corrected chi connectivity index (χ0v) is 8.44. The molecule has 0 aliphatic carbocycles. The number of aliphatic carboxylic acids is 1. The Morgan fingerprint density at radius 2 is 2.06 bits per heavy atom. The van der Waals surface area contributed by atoms with Gasteiger partial charge in [0.05, 0.1) is 0 Å². The number of rotatable bonds is 4. The van der Waals surface area contributed by atoms with Gasteiger partial charge in [-0.05, 0) is 17.7 Å². The SMILES string of the molecule is O=C(O)C(O)c1cccc(OCC(F)(F)F)c1. The van der Waals surface area contributed by atoms with Gasteiger partial charge < -0.3 is 14.9 Å². The van der Waals surface area contributed by atoms with Crippen molar-refractivity contribution in [3.05, 3.63) is 29.8 Å². The van der Waals surface area contributed by atoms with Crippen LogP contribution < -0.4 is 4.74 Å². The van der Waals surface area contributed by atoms with E-state index in [2.05, 4.69) is 4.74 Å². The Morgan fingerprint density at radius 3 is 2.59 bits per heavy atom. The van der Waals surface area contributed by atoms with E-state index in [1.807, 2.05) is 0 Å². The maximum absolute atomic E-state index is 11.9. The van der Waals surface area contributed by atoms with E-state index < -0.39 is 24.9 Å². The van der Waals surface area contributed by atoms with Crippen molar-refractivity contribution in [3.63, 3.8) is 0 Å². The lowest BCUT2D eigenvalue weighted by molar-refractivity contribution is -0.153. The summed E-state index contributed by atoms with van der Waals surface area (Å²) in [7, 11) is 0. The number of hydrogen-bond acceptors (Lipinski definition) is 3. The van der Waals surface area contributed by atoms with Gasteiger partial charge in [-0.1, -0.05) is 12.1 Å². The number of aliphatic hydroxyl groups is 1. The van der Waals surface area contributed by atoms with Gasteiger partial charge in [0, 0.05) is 0 Å². The number of ether oxygens (including phenoxy) is 1. The Bertz CT molecular complexity index is 403. The largest absolute Gasteiger partial charge is 0.484 e. The third-order valence-electron chi connectivity index (χ3n) is 1.81. The third kappa shape index (κ3) is 4.31. The first-order valence-electron chi connectivity index (χ1n) is 4.50. The highest BCUT2D eigenvalue weighted by atomic mass is 19.4. The molecule has 0 aliphatic heterocycles. The van der Waals surface area contributed by atoms with Crippen LogP contribution in [0.3, 0.4) is 0 Å². The zero-order chi connectivity index (χ0) is 13.1. The lowest BCUT2D eigenvalue weighted by Gasteiger charge is -2.11. The molecule has 1 unspecified atom stereocenters. The van der Waals surface area contributed by atoms with Crippen molar-refractivity contribution in [3.8, 4) is 5.75 Å². The van der Waals surface area contributed by atoms with Crippen molar-refractivity contribution >= 4 is 5.97 Å². The number of aliphatic hydroxyl groups excluding tert-OH is 1. The Labute approximate surface area is 94.3 Å². The quantitative estimate of drug-likeness (QED) is 0.854. The second-order valence-electron chi connectivity index (χ2n) is 3.22. The fourth-order valence-electron chi connectivity index (χ4n) is 1.08. The topological polar surface area (TPSA) is 66.8 Å². The number of halogens is 3. The molecule has 94 valence electrons. The summed E-state index contributed by atoms with van der Waals surface area (Å²) in [6.45, 7) is -1.47. The standard InChI is InChI=1S/C10H9F3O4/c11-10(12,13)5-17-7-3-1-2-6(4-7)8(14)9(15)16/h1-4,8,14H,5H2,(H,15,16). The van der Waals surface area contributed by atoms with Gasteiger partial charge in [-0.3, -0.25) is 0 Å². The van der Waals surface area contributed by atoms with E-state index in [4.69, 9.17) is 5.11 Å². The lowest BCUT2D eigenvalue weighted by Crippen LogP contribution is -2.19. The molecule has 1 atom stereocenters. The van der Waals surface area contributed by atoms with E-state index in [0.717, 1.165) is 6.07 Å². The van der Waals surface area contributed by atoms with Gasteiger partial charge >= 0.3 is 12.1 Å². The van der Waals surface area contributed by atoms with Gasteiger partial charge in [-0.25, -0.2) is 4.79 Å². The van der Waals surface area contributed by atoms with Crippen LogP contribution in [0.25, 0.3) is 0 Å². The monoisotopic (exact) mass is 250 g/mol. The number of alkyl halides is 3. The minimum Gasteiger partial charge on any atom is -0.484 e. The summed E-state index contributed by atoms with van der Waals surface area (Å²) in [5, 5.41) is 17.7. The zero-order valence-electron chi connectivity index (χ0n) is 8.44. The number of carboxylic acids is 1. The molecule has 1 aromatic carbocycles. The van der Waals surface area contributed by atoms with Gasteiger partial charge in [0.1, 0.15) is 5.75 Å². The van der Waals surface area contributed by atoms with Crippen LogP contribution in [0.15, 0.2) is 24.3 Å². The summed E-state index contributed by atoms with van der Waals surface area (Å²) >= 11 is 0. The van der Waals surface area contributed by atoms with Crippen molar-refractivity contribution < 1.29 is 32.9 Å². The van der Waals surface area contributed by atoms with E-state index in [0.29, 0.717) is 0 Å². The number of hydrogen-bond donors (Lipinski definition) is 2. The minimum atomic E-state index is -4.47. The van der Waals surface area contributed by atoms with Gasteiger partial charge in [-0.2, -0.15) is 13.2 Å². The van der Waals surface area contributed by atoms with Crippen molar-refractivity contribution in [2.75, 3.05) is 6.61 Å². The first kappa shape index (κ1) is 13.3. The van der Waals surface area contributed by atoms with Crippen LogP contribution in [0.1, 0.15) is 11.7 Å². The Hall–Kier alpha value is -1.76. The molecular formula is C10H9F3O4. The summed E-state index contributed by atoms with van der Waals surface area (Å²) in [6, 6.07) is 4.86. The average molecular weight is 250 g/mol. The van der Waals surface area contributed by atoms with E-state index in [1.54, 1.807) is 0 Å². The van der Waals surface area contributed by atoms with Gasteiger partial charge in [-0.15, -0.1) is 0 Å². The van der Waals surface area contributed by atoms with Crippen LogP contribution in [0.5, 0.6) is 5.75 Å². The highest BCUT2D eigenvalue weighted by Crippen LogP contribution is 2.22. The maximum Gasteiger partial charge on any atom is 0.422 e. The molecule has 17 heavy (non-hydrogen) atoms. The molecule has 0 saturated carbocycles. The molecule has 0 fully saturated rings. The minimum absolute atomic E-state index is 0.0443. The second-order valence-corrected chi connectivity index (χ2v) is 3.22. The molecule has 7 heteroatoms. The van der Waals surface area contributed by atoms with Crippen molar-refractivity contribution in [2.24, 2.45) is 0 Å². The molecule has 0 aromatic heterocycles. The first-order valence-corrected chi connectivity index (χ1v) is 4.50. The Morgan fingerprint density at radius 1 is 1.41 bits per heavy atom. The molecule has 0 aliphatic rings. The number of benzene rings is 1. The summed E-state index contributed by atoms with van der Waals surface area (Å²) in [4.78, 5) is 10.5. The van der Waals surface area contributed by atoms with Crippen molar-refractivity contribution in [2.45, 2.75) is 12.3 Å². The molecule has 0 heterocycles. The molecule has 1 aromatic rings. The fourth-order valence-corrected chi connectivity index (χ4v) is 1.08. The normalized spacial score (nSPS) is 13.2. The molecule has 0 saturated heterocycles. The van der Waals surface area contributed by atoms with Crippen LogP contribution >= 0.6 is 0 Å². The maximum atomic E-state index is 11.9. The molecule has 0 spiro atoms. The van der Waals surface area contributed by atoms with Crippen LogP contribution in [-0.4, -0.2) is 29.0 Å². The number of carboxylic acid groups (broad SMARTS) is 1. The third-order valence-corrected chi connectivity index (χ3v) is 1.81. The average Bonchev–Trinajstić information content (AvgIpc) is 2.24. The van der Waals surface area contributed by atoms with E-state index in [9.17, 15) is 23.1 Å². The van der Waals surface area contributed by atoms with Gasteiger partial charge in [0.15, 0.2) is 12.7 Å². The molecule has 2 N–H and O–H groups in total. The van der Waals surface area contributed by atoms with Gasteiger partial charge in [0.2, 0.25) is 0 Å². The van der Waals surface area contributed by atoms with E-state index >= 15 is 0 Å². The summed E-state index contributed by atoms with van der Waals surface area (Å²) in [6.07, 6.45) is -6.26. The van der Waals surface area contributed by atoms with E-state index in [-0.39, 0.29) is 11.3 Å².